The van der Waals surface area contributed by atoms with Crippen LogP contribution in [0.15, 0.2) is 58.8 Å². The second-order valence-corrected chi connectivity index (χ2v) is 8.64. The smallest absolute Gasteiger partial charge is 0.293 e. The number of nitrogens with one attached hydrogen (secondary N) is 1. The summed E-state index contributed by atoms with van der Waals surface area (Å²) in [5.41, 5.74) is 1.04. The van der Waals surface area contributed by atoms with Crippen molar-refractivity contribution < 1.29 is 4.79 Å². The molecule has 3 aromatic heterocycles. The maximum atomic E-state index is 13.2. The van der Waals surface area contributed by atoms with Crippen LogP contribution >= 0.6 is 11.3 Å². The van der Waals surface area contributed by atoms with Gasteiger partial charge in [0.1, 0.15) is 17.8 Å². The van der Waals surface area contributed by atoms with E-state index in [4.69, 9.17) is 0 Å². The van der Waals surface area contributed by atoms with Crippen molar-refractivity contribution >= 4 is 33.8 Å². The molecule has 4 rings (SSSR count). The van der Waals surface area contributed by atoms with Gasteiger partial charge in [0, 0.05) is 5.69 Å². The lowest BCUT2D eigenvalue weighted by Crippen LogP contribution is -2.33. The fourth-order valence-electron chi connectivity index (χ4n) is 3.14. The summed E-state index contributed by atoms with van der Waals surface area (Å²) in [4.78, 5) is 26.7. The maximum Gasteiger partial charge on any atom is 0.293 e. The summed E-state index contributed by atoms with van der Waals surface area (Å²) < 4.78 is 2.93. The Bertz CT molecular complexity index is 1220. The molecule has 0 bridgehead atoms. The Balaban J connectivity index is 1.82. The number of aromatic nitrogens is 4. The van der Waals surface area contributed by atoms with E-state index in [2.05, 4.69) is 15.5 Å². The van der Waals surface area contributed by atoms with Gasteiger partial charge in [-0.25, -0.2) is 4.68 Å². The van der Waals surface area contributed by atoms with Crippen LogP contribution in [0.1, 0.15) is 20.8 Å². The summed E-state index contributed by atoms with van der Waals surface area (Å²) in [6.07, 6.45) is 1.68. The normalized spacial score (nSPS) is 11.7. The van der Waals surface area contributed by atoms with E-state index in [1.807, 2.05) is 56.5 Å². The molecule has 0 saturated carbocycles. The van der Waals surface area contributed by atoms with Crippen molar-refractivity contribution in [3.8, 4) is 10.6 Å². The summed E-state index contributed by atoms with van der Waals surface area (Å²) in [6.45, 7) is 5.76. The highest BCUT2D eigenvalue weighted by atomic mass is 32.1. The summed E-state index contributed by atoms with van der Waals surface area (Å²) in [5.74, 6) is -0.316. The van der Waals surface area contributed by atoms with E-state index < -0.39 is 0 Å². The maximum absolute atomic E-state index is 13.2. The van der Waals surface area contributed by atoms with Gasteiger partial charge in [-0.05, 0) is 44.4 Å². The monoisotopic (exact) mass is 407 g/mol. The number of carbonyl (C=O) groups is 1. The predicted molar refractivity (Wildman–Crippen MR) is 115 cm³/mol. The van der Waals surface area contributed by atoms with Crippen LogP contribution in [0.5, 0.6) is 0 Å². The molecule has 0 atom stereocenters. The highest BCUT2D eigenvalue weighted by Crippen LogP contribution is 2.30. The van der Waals surface area contributed by atoms with Crippen LogP contribution in [-0.4, -0.2) is 25.5 Å². The second-order valence-electron chi connectivity index (χ2n) is 7.69. The first-order valence-corrected chi connectivity index (χ1v) is 10.1. The topological polar surface area (TPSA) is 81.8 Å². The van der Waals surface area contributed by atoms with Gasteiger partial charge in [-0.15, -0.1) is 11.3 Å². The SMILES string of the molecule is CC(C)(C)n1ncc2c(-c3cccs3)nn(CC(=O)Nc3ccccc3)c(=O)c21. The van der Waals surface area contributed by atoms with Gasteiger partial charge in [0.2, 0.25) is 5.91 Å². The molecule has 1 aromatic carbocycles. The summed E-state index contributed by atoms with van der Waals surface area (Å²) in [6, 6.07) is 13.0. The summed E-state index contributed by atoms with van der Waals surface area (Å²) in [7, 11) is 0. The fourth-order valence-corrected chi connectivity index (χ4v) is 3.86. The molecule has 7 nitrogen and oxygen atoms in total. The Labute approximate surface area is 171 Å². The third-order valence-corrected chi connectivity index (χ3v) is 5.30. The predicted octanol–water partition coefficient (Wildman–Crippen LogP) is 3.72. The minimum atomic E-state index is -0.390. The van der Waals surface area contributed by atoms with Gasteiger partial charge in [0.05, 0.1) is 22.0 Å². The van der Waals surface area contributed by atoms with Crippen molar-refractivity contribution in [2.45, 2.75) is 32.9 Å². The number of amides is 1. The highest BCUT2D eigenvalue weighted by Gasteiger charge is 2.24. The number of benzene rings is 1. The van der Waals surface area contributed by atoms with Gasteiger partial charge >= 0.3 is 0 Å². The summed E-state index contributed by atoms with van der Waals surface area (Å²) >= 11 is 1.53. The molecule has 8 heteroatoms. The highest BCUT2D eigenvalue weighted by molar-refractivity contribution is 7.13. The van der Waals surface area contributed by atoms with Crippen LogP contribution in [0, 0.1) is 0 Å². The van der Waals surface area contributed by atoms with Gasteiger partial charge in [-0.3, -0.25) is 14.3 Å². The lowest BCUT2D eigenvalue weighted by atomic mass is 10.1. The van der Waals surface area contributed by atoms with Crippen molar-refractivity contribution in [3.63, 3.8) is 0 Å². The number of nitrogens with zero attached hydrogens (tertiary/aromatic N) is 4. The molecule has 3 heterocycles. The summed E-state index contributed by atoms with van der Waals surface area (Å²) in [5, 5.41) is 14.4. The van der Waals surface area contributed by atoms with Crippen LogP contribution in [0.4, 0.5) is 5.69 Å². The molecule has 0 saturated heterocycles. The van der Waals surface area contributed by atoms with Crippen LogP contribution in [0.25, 0.3) is 21.5 Å². The molecule has 4 aromatic rings. The van der Waals surface area contributed by atoms with Crippen molar-refractivity contribution in [3.05, 3.63) is 64.4 Å². The van der Waals surface area contributed by atoms with E-state index in [0.29, 0.717) is 22.3 Å². The molecule has 0 unspecified atom stereocenters. The van der Waals surface area contributed by atoms with E-state index in [-0.39, 0.29) is 23.6 Å². The lowest BCUT2D eigenvalue weighted by molar-refractivity contribution is -0.117. The Morgan fingerprint density at radius 3 is 2.55 bits per heavy atom. The van der Waals surface area contributed by atoms with Crippen LogP contribution in [0.3, 0.4) is 0 Å². The Morgan fingerprint density at radius 1 is 1.14 bits per heavy atom. The van der Waals surface area contributed by atoms with Crippen molar-refractivity contribution in [2.24, 2.45) is 0 Å². The quantitative estimate of drug-likeness (QED) is 0.559. The second kappa shape index (κ2) is 7.29. The lowest BCUT2D eigenvalue weighted by Gasteiger charge is -2.20. The molecular formula is C21H21N5O2S. The third kappa shape index (κ3) is 3.71. The van der Waals surface area contributed by atoms with Gasteiger partial charge in [0.15, 0.2) is 0 Å². The fraction of sp³-hybridized carbons (Fsp3) is 0.238. The number of hydrogen-bond donors (Lipinski definition) is 1. The number of thiophene rings is 1. The third-order valence-electron chi connectivity index (χ3n) is 4.42. The molecule has 1 amide bonds. The van der Waals surface area contributed by atoms with Crippen molar-refractivity contribution in [1.82, 2.24) is 19.6 Å². The zero-order valence-electron chi connectivity index (χ0n) is 16.4. The molecule has 0 radical (unpaired) electrons. The van der Waals surface area contributed by atoms with Crippen molar-refractivity contribution in [2.75, 3.05) is 5.32 Å². The number of fused-ring (bicyclic) bond motifs is 1. The minimum Gasteiger partial charge on any atom is -0.324 e. The molecule has 148 valence electrons. The van der Waals surface area contributed by atoms with Gasteiger partial charge < -0.3 is 5.32 Å². The molecule has 0 fully saturated rings. The molecule has 0 aliphatic carbocycles. The van der Waals surface area contributed by atoms with Crippen LogP contribution in [0.2, 0.25) is 0 Å². The van der Waals surface area contributed by atoms with E-state index in [1.54, 1.807) is 23.0 Å². The average molecular weight is 407 g/mol. The molecule has 0 aliphatic rings. The van der Waals surface area contributed by atoms with E-state index >= 15 is 0 Å². The molecule has 29 heavy (non-hydrogen) atoms. The Kier molecular flexibility index (Phi) is 4.79. The van der Waals surface area contributed by atoms with E-state index in [9.17, 15) is 9.59 Å². The van der Waals surface area contributed by atoms with Gasteiger partial charge in [0.25, 0.3) is 5.56 Å². The van der Waals surface area contributed by atoms with E-state index in [0.717, 1.165) is 4.88 Å². The Morgan fingerprint density at radius 2 is 1.90 bits per heavy atom. The van der Waals surface area contributed by atoms with E-state index in [1.165, 1.54) is 16.0 Å². The van der Waals surface area contributed by atoms with Gasteiger partial charge in [-0.2, -0.15) is 10.2 Å². The standard InChI is InChI=1S/C21H21N5O2S/c1-21(2,3)26-19-15(12-22-26)18(16-10-7-11-29-16)24-25(20(19)28)13-17(27)23-14-8-5-4-6-9-14/h4-12H,13H2,1-3H3,(H,23,27). The first-order valence-electron chi connectivity index (χ1n) is 9.23. The zero-order chi connectivity index (χ0) is 20.6. The molecule has 1 N–H and O–H groups in total. The number of para-hydroxylation sites is 1. The van der Waals surface area contributed by atoms with Gasteiger partial charge in [-0.1, -0.05) is 24.3 Å². The largest absolute Gasteiger partial charge is 0.324 e. The average Bonchev–Trinajstić information content (AvgIpc) is 3.34. The molecule has 0 aliphatic heterocycles. The number of carbonyl (C=O) groups excluding carboxylic acids is 1. The van der Waals surface area contributed by atoms with Crippen LogP contribution < -0.4 is 10.9 Å². The number of hydrogen-bond acceptors (Lipinski definition) is 5. The van der Waals surface area contributed by atoms with Crippen molar-refractivity contribution in [1.29, 1.82) is 0 Å². The molecular weight excluding hydrogens is 386 g/mol. The Hall–Kier alpha value is -3.26. The number of rotatable bonds is 4. The first kappa shape index (κ1) is 19.1. The first-order chi connectivity index (χ1) is 13.8. The molecule has 0 spiro atoms. The van der Waals surface area contributed by atoms with Crippen LogP contribution in [-0.2, 0) is 16.9 Å². The minimum absolute atomic E-state index is 0.183. The number of anilines is 1. The zero-order valence-corrected chi connectivity index (χ0v) is 17.2.